The van der Waals surface area contributed by atoms with E-state index in [2.05, 4.69) is 0 Å². The van der Waals surface area contributed by atoms with Gasteiger partial charge in [0.05, 0.1) is 6.61 Å². The lowest BCUT2D eigenvalue weighted by Crippen LogP contribution is -2.46. The third-order valence-corrected chi connectivity index (χ3v) is 5.78. The highest BCUT2D eigenvalue weighted by molar-refractivity contribution is 7.32. The van der Waals surface area contributed by atoms with E-state index < -0.39 is 17.1 Å². The fraction of sp³-hybridized carbons (Fsp3) is 1.00. The summed E-state index contributed by atoms with van der Waals surface area (Å²) in [6, 6.07) is 0.613. The van der Waals surface area contributed by atoms with Crippen LogP contribution in [0.2, 0.25) is 6.04 Å². The summed E-state index contributed by atoms with van der Waals surface area (Å²) >= 11 is 0. The molecule has 20 heavy (non-hydrogen) atoms. The van der Waals surface area contributed by atoms with Gasteiger partial charge in [0.25, 0.3) is 0 Å². The van der Waals surface area contributed by atoms with Crippen LogP contribution in [0.5, 0.6) is 0 Å². The monoisotopic (exact) mass is 328 g/mol. The summed E-state index contributed by atoms with van der Waals surface area (Å²) in [7, 11) is -5.54. The van der Waals surface area contributed by atoms with Crippen molar-refractivity contribution in [2.24, 2.45) is 0 Å². The Morgan fingerprint density at radius 2 is 1.35 bits per heavy atom. The van der Waals surface area contributed by atoms with Crippen LogP contribution in [0.3, 0.4) is 0 Å². The van der Waals surface area contributed by atoms with Crippen LogP contribution in [-0.2, 0) is 22.4 Å². The van der Waals surface area contributed by atoms with Crippen molar-refractivity contribution < 1.29 is 27.3 Å². The molecule has 1 N–H and O–H groups in total. The molecule has 1 atom stereocenters. The highest BCUT2D eigenvalue weighted by Crippen LogP contribution is 2.22. The van der Waals surface area contributed by atoms with Gasteiger partial charge in [0.1, 0.15) is 0 Å². The highest BCUT2D eigenvalue weighted by Gasteiger charge is 2.40. The lowest BCUT2D eigenvalue weighted by molar-refractivity contribution is 0.0577. The maximum absolute atomic E-state index is 10.5. The molecule has 0 aromatic carbocycles. The molecule has 1 unspecified atom stereocenters. The SMILES string of the molecule is CCCO[Si](CCCO[PH](=O)O)(OCCC)OCCC. The molecule has 0 spiro atoms. The zero-order valence-corrected chi connectivity index (χ0v) is 14.9. The summed E-state index contributed by atoms with van der Waals surface area (Å²) in [4.78, 5) is 8.65. The predicted octanol–water partition coefficient (Wildman–Crippen LogP) is 2.99. The van der Waals surface area contributed by atoms with E-state index in [9.17, 15) is 4.57 Å². The van der Waals surface area contributed by atoms with Crippen LogP contribution in [0, 0.1) is 0 Å². The van der Waals surface area contributed by atoms with E-state index in [1.54, 1.807) is 0 Å². The van der Waals surface area contributed by atoms with Crippen molar-refractivity contribution >= 4 is 17.1 Å². The topological polar surface area (TPSA) is 74.2 Å². The van der Waals surface area contributed by atoms with Gasteiger partial charge in [-0.1, -0.05) is 20.8 Å². The number of rotatable bonds is 14. The smallest absolute Gasteiger partial charge is 0.373 e. The molecule has 0 bridgehead atoms. The minimum absolute atomic E-state index is 0.226. The minimum atomic E-state index is -2.86. The van der Waals surface area contributed by atoms with Crippen molar-refractivity contribution in [1.82, 2.24) is 0 Å². The van der Waals surface area contributed by atoms with E-state index in [1.165, 1.54) is 0 Å². The Morgan fingerprint density at radius 1 is 0.900 bits per heavy atom. The summed E-state index contributed by atoms with van der Waals surface area (Å²) < 4.78 is 32.9. The second kappa shape index (κ2) is 12.9. The lowest BCUT2D eigenvalue weighted by Gasteiger charge is -2.29. The minimum Gasteiger partial charge on any atom is -0.373 e. The van der Waals surface area contributed by atoms with Crippen molar-refractivity contribution in [1.29, 1.82) is 0 Å². The quantitative estimate of drug-likeness (QED) is 0.300. The first-order valence-corrected chi connectivity index (χ1v) is 10.6. The first-order chi connectivity index (χ1) is 9.60. The normalized spacial score (nSPS) is 13.6. The third-order valence-electron chi connectivity index (χ3n) is 2.43. The summed E-state index contributed by atoms with van der Waals surface area (Å²) in [5.74, 6) is 0. The Morgan fingerprint density at radius 3 is 1.70 bits per heavy atom. The van der Waals surface area contributed by atoms with Gasteiger partial charge in [0.2, 0.25) is 0 Å². The van der Waals surface area contributed by atoms with Gasteiger partial charge in [-0.25, -0.2) is 0 Å². The van der Waals surface area contributed by atoms with E-state index in [1.807, 2.05) is 20.8 Å². The van der Waals surface area contributed by atoms with Gasteiger partial charge in [0, 0.05) is 25.9 Å². The average Bonchev–Trinajstić information content (AvgIpc) is 2.44. The van der Waals surface area contributed by atoms with Crippen LogP contribution in [0.4, 0.5) is 0 Å². The van der Waals surface area contributed by atoms with E-state index in [0.29, 0.717) is 32.3 Å². The van der Waals surface area contributed by atoms with E-state index in [4.69, 9.17) is 22.7 Å². The zero-order chi connectivity index (χ0) is 15.3. The molecule has 6 nitrogen and oxygen atoms in total. The van der Waals surface area contributed by atoms with Crippen LogP contribution >= 0.6 is 8.25 Å². The standard InChI is InChI=1S/C12H29O6PSi/c1-4-8-16-20(17-9-5-2,18-10-6-3)12-7-11-15-19(13)14/h19H,4-12H2,1-3H3,(H,13,14). The zero-order valence-electron chi connectivity index (χ0n) is 12.9. The molecule has 0 aliphatic carbocycles. The Balaban J connectivity index is 4.44. The summed E-state index contributed by atoms with van der Waals surface area (Å²) in [6.07, 6.45) is 3.31. The Kier molecular flexibility index (Phi) is 13.1. The van der Waals surface area contributed by atoms with Gasteiger partial charge < -0.3 is 22.7 Å². The molecule has 0 saturated heterocycles. The molecule has 0 aromatic heterocycles. The van der Waals surface area contributed by atoms with Crippen LogP contribution in [0.1, 0.15) is 46.5 Å². The van der Waals surface area contributed by atoms with Crippen LogP contribution in [0.25, 0.3) is 0 Å². The Bertz CT molecular complexity index is 232. The molecule has 0 rings (SSSR count). The van der Waals surface area contributed by atoms with Gasteiger partial charge >= 0.3 is 17.1 Å². The van der Waals surface area contributed by atoms with Crippen molar-refractivity contribution in [3.63, 3.8) is 0 Å². The van der Waals surface area contributed by atoms with Crippen LogP contribution in [0.15, 0.2) is 0 Å². The predicted molar refractivity (Wildman–Crippen MR) is 81.1 cm³/mol. The molecule has 0 aliphatic heterocycles. The van der Waals surface area contributed by atoms with E-state index in [0.717, 1.165) is 19.3 Å². The van der Waals surface area contributed by atoms with Gasteiger partial charge in [-0.3, -0.25) is 4.57 Å². The van der Waals surface area contributed by atoms with Crippen molar-refractivity contribution in [2.75, 3.05) is 26.4 Å². The van der Waals surface area contributed by atoms with Crippen LogP contribution in [-0.4, -0.2) is 40.1 Å². The summed E-state index contributed by atoms with van der Waals surface area (Å²) in [5, 5.41) is 0. The Labute approximate surface area is 124 Å². The highest BCUT2D eigenvalue weighted by atomic mass is 31.1. The molecule has 0 aliphatic rings. The first kappa shape index (κ1) is 20.2. The fourth-order valence-electron chi connectivity index (χ4n) is 1.56. The molecule has 0 heterocycles. The third kappa shape index (κ3) is 10.0. The molecule has 0 radical (unpaired) electrons. The maximum atomic E-state index is 10.5. The van der Waals surface area contributed by atoms with Crippen molar-refractivity contribution in [3.05, 3.63) is 0 Å². The van der Waals surface area contributed by atoms with Crippen molar-refractivity contribution in [3.8, 4) is 0 Å². The van der Waals surface area contributed by atoms with Gasteiger partial charge in [0.15, 0.2) is 0 Å². The largest absolute Gasteiger partial charge is 0.501 e. The van der Waals surface area contributed by atoms with Gasteiger partial charge in [-0.15, -0.1) is 0 Å². The lowest BCUT2D eigenvalue weighted by atomic mass is 10.5. The molecule has 0 saturated carbocycles. The summed E-state index contributed by atoms with van der Waals surface area (Å²) in [6.45, 7) is 8.17. The summed E-state index contributed by atoms with van der Waals surface area (Å²) in [5.41, 5.74) is 0. The molecular weight excluding hydrogens is 299 g/mol. The molecule has 0 amide bonds. The van der Waals surface area contributed by atoms with Gasteiger partial charge in [-0.05, 0) is 25.7 Å². The molecular formula is C12H29O6PSi. The fourth-order valence-corrected chi connectivity index (χ4v) is 4.69. The first-order valence-electron chi connectivity index (χ1n) is 7.37. The molecule has 0 aromatic rings. The van der Waals surface area contributed by atoms with E-state index >= 15 is 0 Å². The molecule has 8 heteroatoms. The van der Waals surface area contributed by atoms with Gasteiger partial charge in [-0.2, -0.15) is 0 Å². The maximum Gasteiger partial charge on any atom is 0.501 e. The molecule has 122 valence electrons. The second-order valence-electron chi connectivity index (χ2n) is 4.45. The van der Waals surface area contributed by atoms with Crippen LogP contribution < -0.4 is 0 Å². The number of hydrogen-bond acceptors (Lipinski definition) is 5. The van der Waals surface area contributed by atoms with Crippen molar-refractivity contribution in [2.45, 2.75) is 52.5 Å². The second-order valence-corrected chi connectivity index (χ2v) is 8.00. The number of hydrogen-bond donors (Lipinski definition) is 1. The average molecular weight is 328 g/mol. The Hall–Kier alpha value is 0.247. The van der Waals surface area contributed by atoms with E-state index in [-0.39, 0.29) is 6.61 Å². The molecule has 0 fully saturated rings.